The highest BCUT2D eigenvalue weighted by atomic mass is 15.2. The smallest absolute Gasteiger partial charge is 0.223 e. The van der Waals surface area contributed by atoms with E-state index in [1.165, 1.54) is 25.7 Å². The predicted octanol–water partition coefficient (Wildman–Crippen LogP) is 3.45. The molecule has 1 fully saturated rings. The molecule has 3 heterocycles. The quantitative estimate of drug-likeness (QED) is 0.803. The average Bonchev–Trinajstić information content (AvgIpc) is 3.17. The van der Waals surface area contributed by atoms with Crippen LogP contribution in [0.25, 0.3) is 16.8 Å². The van der Waals surface area contributed by atoms with Crippen molar-refractivity contribution in [2.75, 3.05) is 5.32 Å². The Morgan fingerprint density at radius 2 is 2.05 bits per heavy atom. The number of nitrogens with zero attached hydrogens (tertiary/aromatic N) is 4. The lowest BCUT2D eigenvalue weighted by molar-refractivity contribution is 0.744. The van der Waals surface area contributed by atoms with Crippen molar-refractivity contribution in [3.8, 4) is 11.3 Å². The summed E-state index contributed by atoms with van der Waals surface area (Å²) in [6.45, 7) is 2.05. The highest BCUT2D eigenvalue weighted by Crippen LogP contribution is 2.25. The number of anilines is 1. The van der Waals surface area contributed by atoms with Crippen LogP contribution < -0.4 is 5.32 Å². The molecule has 1 aliphatic rings. The van der Waals surface area contributed by atoms with Crippen LogP contribution >= 0.6 is 0 Å². The van der Waals surface area contributed by atoms with Gasteiger partial charge in [-0.1, -0.05) is 18.9 Å². The third-order valence-corrected chi connectivity index (χ3v) is 4.35. The molecule has 3 aromatic rings. The first-order valence-electron chi connectivity index (χ1n) is 7.84. The van der Waals surface area contributed by atoms with Gasteiger partial charge in [0.25, 0.3) is 0 Å². The van der Waals surface area contributed by atoms with Crippen molar-refractivity contribution >= 4 is 11.5 Å². The maximum atomic E-state index is 4.68. The third kappa shape index (κ3) is 2.32. The van der Waals surface area contributed by atoms with E-state index in [0.29, 0.717) is 6.04 Å². The fraction of sp³-hybridized carbons (Fsp3) is 0.353. The van der Waals surface area contributed by atoms with Crippen LogP contribution in [0.1, 0.15) is 31.4 Å². The third-order valence-electron chi connectivity index (χ3n) is 4.35. The molecule has 5 nitrogen and oxygen atoms in total. The maximum Gasteiger partial charge on any atom is 0.223 e. The zero-order valence-corrected chi connectivity index (χ0v) is 12.7. The molecular formula is C17H19N5. The van der Waals surface area contributed by atoms with E-state index < -0.39 is 0 Å². The summed E-state index contributed by atoms with van der Waals surface area (Å²) in [6, 6.07) is 8.63. The van der Waals surface area contributed by atoms with Gasteiger partial charge in [-0.25, -0.2) is 14.5 Å². The highest BCUT2D eigenvalue weighted by Gasteiger charge is 2.16. The molecule has 0 spiro atoms. The van der Waals surface area contributed by atoms with E-state index in [-0.39, 0.29) is 0 Å². The monoisotopic (exact) mass is 293 g/mol. The Morgan fingerprint density at radius 1 is 1.18 bits per heavy atom. The summed E-state index contributed by atoms with van der Waals surface area (Å²) in [5.41, 5.74) is 4.14. The van der Waals surface area contributed by atoms with Crippen molar-refractivity contribution in [3.63, 3.8) is 0 Å². The second-order valence-electron chi connectivity index (χ2n) is 5.91. The van der Waals surface area contributed by atoms with Crippen LogP contribution in [0.2, 0.25) is 0 Å². The van der Waals surface area contributed by atoms with Crippen molar-refractivity contribution in [3.05, 3.63) is 42.4 Å². The SMILES string of the molecule is Cc1cccc2c(-c3ccnc(NC4CCCC4)n3)cnn12. The van der Waals surface area contributed by atoms with Gasteiger partial charge in [-0.05, 0) is 38.0 Å². The van der Waals surface area contributed by atoms with Crippen LogP contribution in [-0.2, 0) is 0 Å². The molecule has 3 aromatic heterocycles. The van der Waals surface area contributed by atoms with E-state index in [9.17, 15) is 0 Å². The van der Waals surface area contributed by atoms with Gasteiger partial charge in [0.1, 0.15) is 0 Å². The van der Waals surface area contributed by atoms with Crippen LogP contribution in [0.15, 0.2) is 36.7 Å². The lowest BCUT2D eigenvalue weighted by Crippen LogP contribution is -2.16. The Kier molecular flexibility index (Phi) is 3.25. The van der Waals surface area contributed by atoms with Crippen molar-refractivity contribution < 1.29 is 0 Å². The summed E-state index contributed by atoms with van der Waals surface area (Å²) < 4.78 is 1.95. The van der Waals surface area contributed by atoms with Crippen LogP contribution in [-0.4, -0.2) is 25.6 Å². The van der Waals surface area contributed by atoms with Gasteiger partial charge >= 0.3 is 0 Å². The predicted molar refractivity (Wildman–Crippen MR) is 86.8 cm³/mol. The topological polar surface area (TPSA) is 55.1 Å². The lowest BCUT2D eigenvalue weighted by Gasteiger charge is -2.11. The minimum atomic E-state index is 0.515. The number of rotatable bonds is 3. The number of aryl methyl sites for hydroxylation is 1. The molecule has 22 heavy (non-hydrogen) atoms. The molecule has 0 aliphatic heterocycles. The molecule has 1 N–H and O–H groups in total. The van der Waals surface area contributed by atoms with Gasteiger partial charge in [0.05, 0.1) is 17.4 Å². The van der Waals surface area contributed by atoms with Gasteiger partial charge in [-0.2, -0.15) is 5.10 Å². The number of nitrogens with one attached hydrogen (secondary N) is 1. The number of hydrogen-bond donors (Lipinski definition) is 1. The van der Waals surface area contributed by atoms with Gasteiger partial charge < -0.3 is 5.32 Å². The first-order chi connectivity index (χ1) is 10.8. The van der Waals surface area contributed by atoms with Gasteiger partial charge in [0, 0.05) is 23.5 Å². The molecule has 0 saturated heterocycles. The van der Waals surface area contributed by atoms with Crippen LogP contribution in [0, 0.1) is 6.92 Å². The zero-order valence-electron chi connectivity index (χ0n) is 12.7. The minimum absolute atomic E-state index is 0.515. The van der Waals surface area contributed by atoms with E-state index in [0.717, 1.165) is 28.4 Å². The minimum Gasteiger partial charge on any atom is -0.351 e. The van der Waals surface area contributed by atoms with Crippen LogP contribution in [0.4, 0.5) is 5.95 Å². The molecule has 0 atom stereocenters. The molecule has 5 heteroatoms. The van der Waals surface area contributed by atoms with E-state index >= 15 is 0 Å². The summed E-state index contributed by atoms with van der Waals surface area (Å²) in [5, 5.41) is 7.92. The molecule has 0 amide bonds. The molecular weight excluding hydrogens is 274 g/mol. The van der Waals surface area contributed by atoms with Gasteiger partial charge in [0.2, 0.25) is 5.95 Å². The maximum absolute atomic E-state index is 4.68. The lowest BCUT2D eigenvalue weighted by atomic mass is 10.2. The Morgan fingerprint density at radius 3 is 2.91 bits per heavy atom. The van der Waals surface area contributed by atoms with E-state index in [4.69, 9.17) is 0 Å². The normalized spacial score (nSPS) is 15.5. The molecule has 1 aliphatic carbocycles. The molecule has 1 saturated carbocycles. The standard InChI is InChI=1S/C17H19N5/c1-12-5-4-8-16-14(11-19-22(12)16)15-9-10-18-17(21-15)20-13-6-2-3-7-13/h4-5,8-11,13H,2-3,6-7H2,1H3,(H,18,20,21). The van der Waals surface area contributed by atoms with Gasteiger partial charge in [-0.3, -0.25) is 0 Å². The second-order valence-corrected chi connectivity index (χ2v) is 5.91. The fourth-order valence-corrected chi connectivity index (χ4v) is 3.18. The summed E-state index contributed by atoms with van der Waals surface area (Å²) in [6.07, 6.45) is 8.71. The summed E-state index contributed by atoms with van der Waals surface area (Å²) in [7, 11) is 0. The highest BCUT2D eigenvalue weighted by molar-refractivity contribution is 5.78. The number of aromatic nitrogens is 4. The van der Waals surface area contributed by atoms with Gasteiger partial charge in [0.15, 0.2) is 0 Å². The molecule has 0 radical (unpaired) electrons. The molecule has 0 aromatic carbocycles. The summed E-state index contributed by atoms with van der Waals surface area (Å²) in [4.78, 5) is 9.04. The number of pyridine rings is 1. The van der Waals surface area contributed by atoms with Crippen molar-refractivity contribution in [2.24, 2.45) is 0 Å². The van der Waals surface area contributed by atoms with Crippen LogP contribution in [0.3, 0.4) is 0 Å². The van der Waals surface area contributed by atoms with E-state index in [1.54, 1.807) is 0 Å². The van der Waals surface area contributed by atoms with Crippen molar-refractivity contribution in [1.29, 1.82) is 0 Å². The van der Waals surface area contributed by atoms with Crippen molar-refractivity contribution in [2.45, 2.75) is 38.6 Å². The summed E-state index contributed by atoms with van der Waals surface area (Å²) >= 11 is 0. The first-order valence-corrected chi connectivity index (χ1v) is 7.84. The molecule has 112 valence electrons. The molecule has 4 rings (SSSR count). The number of fused-ring (bicyclic) bond motifs is 1. The zero-order chi connectivity index (χ0) is 14.9. The largest absolute Gasteiger partial charge is 0.351 e. The number of hydrogen-bond acceptors (Lipinski definition) is 4. The molecule has 0 unspecified atom stereocenters. The van der Waals surface area contributed by atoms with Crippen LogP contribution in [0.5, 0.6) is 0 Å². The second kappa shape index (κ2) is 5.40. The summed E-state index contributed by atoms with van der Waals surface area (Å²) in [5.74, 6) is 0.719. The fourth-order valence-electron chi connectivity index (χ4n) is 3.18. The Hall–Kier alpha value is -2.43. The Labute approximate surface area is 129 Å². The van der Waals surface area contributed by atoms with E-state index in [2.05, 4.69) is 45.5 Å². The van der Waals surface area contributed by atoms with Crippen molar-refractivity contribution in [1.82, 2.24) is 19.6 Å². The Bertz CT molecular complexity index is 802. The first kappa shape index (κ1) is 13.2. The average molecular weight is 293 g/mol. The van der Waals surface area contributed by atoms with Gasteiger partial charge in [-0.15, -0.1) is 0 Å². The molecule has 0 bridgehead atoms. The van der Waals surface area contributed by atoms with E-state index in [1.807, 2.05) is 23.0 Å². The Balaban J connectivity index is 1.70.